The maximum absolute atomic E-state index is 15.1. The molecule has 1 atom stereocenters. The lowest BCUT2D eigenvalue weighted by atomic mass is 9.75. The summed E-state index contributed by atoms with van der Waals surface area (Å²) in [4.78, 5) is 24.5. The second-order valence-electron chi connectivity index (χ2n) is 13.7. The number of nitrogens with one attached hydrogen (secondary N) is 1. The van der Waals surface area contributed by atoms with Crippen LogP contribution < -0.4 is 4.74 Å². The molecule has 0 aliphatic rings. The fraction of sp³-hybridized carbons (Fsp3) is 0.405. The number of benzene rings is 2. The number of pyridine rings is 1. The number of aromatic nitrogens is 5. The molecule has 0 aliphatic carbocycles. The molecule has 3 heterocycles. The number of fused-ring (bicyclic) bond motifs is 1. The van der Waals surface area contributed by atoms with E-state index in [2.05, 4.69) is 25.9 Å². The lowest BCUT2D eigenvalue weighted by Crippen LogP contribution is -2.29. The Hall–Kier alpha value is -4.21. The molecular weight excluding hydrogens is 760 g/mol. The molecular formula is C37H42BrF2N5O6S. The van der Waals surface area contributed by atoms with E-state index in [1.54, 1.807) is 30.8 Å². The van der Waals surface area contributed by atoms with Gasteiger partial charge in [-0.2, -0.15) is 9.49 Å². The maximum Gasteiger partial charge on any atom is 0.310 e. The Bertz CT molecular complexity index is 2190. The highest BCUT2D eigenvalue weighted by Gasteiger charge is 2.36. The molecule has 0 bridgehead atoms. The number of H-pyrrole nitrogens is 1. The number of carbonyl (C=O) groups excluding carboxylic acids is 1. The first kappa shape index (κ1) is 39.0. The van der Waals surface area contributed by atoms with Gasteiger partial charge in [-0.3, -0.25) is 9.78 Å². The van der Waals surface area contributed by atoms with Crippen LogP contribution >= 0.6 is 15.9 Å². The van der Waals surface area contributed by atoms with E-state index in [1.807, 2.05) is 45.0 Å². The summed E-state index contributed by atoms with van der Waals surface area (Å²) in [5.74, 6) is -2.19. The summed E-state index contributed by atoms with van der Waals surface area (Å²) in [6, 6.07) is 12.3. The van der Waals surface area contributed by atoms with Crippen molar-refractivity contribution in [3.8, 4) is 23.0 Å². The smallest absolute Gasteiger partial charge is 0.310 e. The molecule has 0 aliphatic heterocycles. The maximum atomic E-state index is 15.1. The number of halogens is 3. The number of aliphatic hydroxyl groups excluding tert-OH is 1. The van der Waals surface area contributed by atoms with Crippen LogP contribution in [0.3, 0.4) is 0 Å². The second kappa shape index (κ2) is 15.8. The van der Waals surface area contributed by atoms with Crippen molar-refractivity contribution in [3.63, 3.8) is 0 Å². The highest BCUT2D eigenvalue weighted by Crippen LogP contribution is 2.41. The van der Waals surface area contributed by atoms with Crippen LogP contribution in [0.25, 0.3) is 22.4 Å². The van der Waals surface area contributed by atoms with E-state index in [0.29, 0.717) is 42.0 Å². The van der Waals surface area contributed by atoms with Gasteiger partial charge in [-0.15, -0.1) is 0 Å². The third kappa shape index (κ3) is 8.69. The van der Waals surface area contributed by atoms with E-state index in [0.717, 1.165) is 11.1 Å². The zero-order chi connectivity index (χ0) is 37.8. The molecule has 0 saturated carbocycles. The van der Waals surface area contributed by atoms with E-state index in [4.69, 9.17) is 19.6 Å². The molecule has 2 N–H and O–H groups in total. The highest BCUT2D eigenvalue weighted by molar-refractivity contribution is 9.10. The number of sulfone groups is 1. The number of aliphatic hydroxyl groups is 1. The first-order valence-corrected chi connectivity index (χ1v) is 19.4. The van der Waals surface area contributed by atoms with Gasteiger partial charge < -0.3 is 19.6 Å². The minimum atomic E-state index is -3.43. The average molecular weight is 803 g/mol. The Balaban J connectivity index is 1.49. The number of esters is 1. The summed E-state index contributed by atoms with van der Waals surface area (Å²) in [7, 11) is -1.71. The molecule has 0 radical (unpaired) electrons. The molecule has 15 heteroatoms. The van der Waals surface area contributed by atoms with Crippen molar-refractivity contribution in [2.75, 3.05) is 24.7 Å². The third-order valence-corrected chi connectivity index (χ3v) is 11.8. The lowest BCUT2D eigenvalue weighted by molar-refractivity contribution is -0.142. The first-order valence-electron chi connectivity index (χ1n) is 16.8. The number of hydrogen-bond acceptors (Lipinski definition) is 9. The van der Waals surface area contributed by atoms with Gasteiger partial charge in [0, 0.05) is 30.9 Å². The molecule has 52 heavy (non-hydrogen) atoms. The molecule has 0 spiro atoms. The SMILES string of the molecule is CCOC(=O)Cc1cccc([C@@](C)(CCCC(C)(C)CS(=O)(=O)CCO)c2nc(-c3cc(Oc4c(F)c(F)c5[nH]ccc5c4Br)ccn3)n(C)n2)c1. The molecule has 0 amide bonds. The van der Waals surface area contributed by atoms with Crippen molar-refractivity contribution in [3.05, 3.63) is 87.9 Å². The number of aryl methyl sites for hydroxylation is 1. The molecule has 0 fully saturated rings. The van der Waals surface area contributed by atoms with Crippen LogP contribution in [0.2, 0.25) is 0 Å². The van der Waals surface area contributed by atoms with Gasteiger partial charge >= 0.3 is 5.97 Å². The van der Waals surface area contributed by atoms with E-state index in [-0.39, 0.29) is 52.0 Å². The van der Waals surface area contributed by atoms with E-state index in [9.17, 15) is 22.7 Å². The summed E-state index contributed by atoms with van der Waals surface area (Å²) >= 11 is 3.35. The van der Waals surface area contributed by atoms with Crippen LogP contribution in [0.5, 0.6) is 11.5 Å². The zero-order valence-corrected chi connectivity index (χ0v) is 32.1. The molecule has 11 nitrogen and oxygen atoms in total. The number of carbonyl (C=O) groups is 1. The van der Waals surface area contributed by atoms with Crippen LogP contribution in [-0.2, 0) is 38.3 Å². The standard InChI is InChI=1S/C37H42BrF2N5O6S/c1-6-50-28(47)20-23-9-7-10-24(19-23)37(4,14-8-13-36(2,3)22-52(48,49)18-17-46)35-43-34(45(5)44-35)27-21-25(11-15-41-27)51-33-29(38)26-12-16-42-32(26)30(39)31(33)40/h7,9-12,15-16,19,21,42,46H,6,8,13-14,17-18,20,22H2,1-5H3/t37-/m1/s1. The summed E-state index contributed by atoms with van der Waals surface area (Å²) in [5.41, 5.74) is 0.636. The molecule has 5 rings (SSSR count). The normalized spacial score (nSPS) is 13.3. The van der Waals surface area contributed by atoms with Crippen molar-refractivity contribution in [1.82, 2.24) is 24.7 Å². The van der Waals surface area contributed by atoms with Gasteiger partial charge in [0.1, 0.15) is 11.4 Å². The van der Waals surface area contributed by atoms with Crippen molar-refractivity contribution >= 4 is 42.6 Å². The van der Waals surface area contributed by atoms with Crippen LogP contribution in [0.1, 0.15) is 63.9 Å². The van der Waals surface area contributed by atoms with Gasteiger partial charge in [0.15, 0.2) is 33.1 Å². The van der Waals surface area contributed by atoms with Crippen LogP contribution in [-0.4, -0.2) is 68.9 Å². The van der Waals surface area contributed by atoms with Gasteiger partial charge in [-0.1, -0.05) is 44.5 Å². The van der Waals surface area contributed by atoms with Gasteiger partial charge in [0.25, 0.3) is 0 Å². The van der Waals surface area contributed by atoms with Gasteiger partial charge in [0.2, 0.25) is 5.82 Å². The van der Waals surface area contributed by atoms with E-state index < -0.39 is 38.9 Å². The summed E-state index contributed by atoms with van der Waals surface area (Å²) in [6.45, 7) is 7.39. The zero-order valence-electron chi connectivity index (χ0n) is 29.7. The summed E-state index contributed by atoms with van der Waals surface area (Å²) in [6.07, 6.45) is 4.77. The molecule has 0 saturated heterocycles. The van der Waals surface area contributed by atoms with Crippen molar-refractivity contribution in [2.24, 2.45) is 12.5 Å². The number of rotatable bonds is 16. The number of hydrogen-bond donors (Lipinski definition) is 2. The van der Waals surface area contributed by atoms with Crippen molar-refractivity contribution in [1.29, 1.82) is 0 Å². The largest absolute Gasteiger partial charge is 0.466 e. The van der Waals surface area contributed by atoms with Crippen LogP contribution in [0.4, 0.5) is 8.78 Å². The number of ether oxygens (including phenoxy) is 2. The van der Waals surface area contributed by atoms with Gasteiger partial charge in [-0.05, 0) is 71.3 Å². The Morgan fingerprint density at radius 1 is 1.10 bits per heavy atom. The summed E-state index contributed by atoms with van der Waals surface area (Å²) < 4.78 is 67.9. The van der Waals surface area contributed by atoms with Crippen molar-refractivity contribution in [2.45, 2.75) is 58.8 Å². The predicted molar refractivity (Wildman–Crippen MR) is 197 cm³/mol. The average Bonchev–Trinajstić information content (AvgIpc) is 3.73. The summed E-state index contributed by atoms with van der Waals surface area (Å²) in [5, 5.41) is 14.5. The van der Waals surface area contributed by atoms with E-state index >= 15 is 4.39 Å². The van der Waals surface area contributed by atoms with Crippen LogP contribution in [0.15, 0.2) is 59.3 Å². The minimum absolute atomic E-state index is 0.0172. The third-order valence-electron chi connectivity index (χ3n) is 8.99. The van der Waals surface area contributed by atoms with Crippen molar-refractivity contribution < 1.29 is 36.6 Å². The molecule has 278 valence electrons. The molecule has 5 aromatic rings. The van der Waals surface area contributed by atoms with Crippen LogP contribution in [0, 0.1) is 17.0 Å². The molecule has 3 aromatic heterocycles. The monoisotopic (exact) mass is 801 g/mol. The minimum Gasteiger partial charge on any atom is -0.466 e. The van der Waals surface area contributed by atoms with E-state index in [1.165, 1.54) is 18.5 Å². The fourth-order valence-electron chi connectivity index (χ4n) is 6.40. The van der Waals surface area contributed by atoms with Gasteiger partial charge in [-0.25, -0.2) is 22.5 Å². The Morgan fingerprint density at radius 2 is 1.87 bits per heavy atom. The Labute approximate surface area is 309 Å². The quantitative estimate of drug-likeness (QED) is 0.0780. The topological polar surface area (TPSA) is 149 Å². The number of nitrogens with zero attached hydrogens (tertiary/aromatic N) is 4. The fourth-order valence-corrected chi connectivity index (χ4v) is 8.74. The Kier molecular flexibility index (Phi) is 11.9. The second-order valence-corrected chi connectivity index (χ2v) is 16.7. The lowest BCUT2D eigenvalue weighted by Gasteiger charge is -2.30. The first-order chi connectivity index (χ1) is 24.6. The molecule has 2 aromatic carbocycles. The number of aromatic amines is 1. The predicted octanol–water partition coefficient (Wildman–Crippen LogP) is 7.21. The molecule has 0 unspecified atom stereocenters. The Morgan fingerprint density at radius 3 is 2.60 bits per heavy atom. The van der Waals surface area contributed by atoms with Gasteiger partial charge in [0.05, 0.1) is 46.5 Å². The highest BCUT2D eigenvalue weighted by atomic mass is 79.9.